The van der Waals surface area contributed by atoms with Crippen molar-refractivity contribution < 1.29 is 14.6 Å². The molecule has 2 aromatic carbocycles. The number of carbonyl (C=O) groups is 1. The molecule has 0 unspecified atom stereocenters. The van der Waals surface area contributed by atoms with Crippen LogP contribution in [-0.4, -0.2) is 41.7 Å². The Hall–Kier alpha value is -2.17. The van der Waals surface area contributed by atoms with Crippen molar-refractivity contribution in [2.45, 2.75) is 25.0 Å². The van der Waals surface area contributed by atoms with Crippen LogP contribution < -0.4 is 0 Å². The molecule has 1 fully saturated rings. The zero-order chi connectivity index (χ0) is 16.8. The average Bonchev–Trinajstić information content (AvgIpc) is 2.64. The summed E-state index contributed by atoms with van der Waals surface area (Å²) >= 11 is 0. The van der Waals surface area contributed by atoms with E-state index in [9.17, 15) is 9.90 Å². The summed E-state index contributed by atoms with van der Waals surface area (Å²) in [6.07, 6.45) is 0.752. The van der Waals surface area contributed by atoms with E-state index in [1.165, 1.54) is 0 Å². The summed E-state index contributed by atoms with van der Waals surface area (Å²) in [5.41, 5.74) is 2.07. The van der Waals surface area contributed by atoms with Crippen LogP contribution in [0.2, 0.25) is 0 Å². The van der Waals surface area contributed by atoms with Gasteiger partial charge in [0.15, 0.2) is 0 Å². The molecular weight excluding hydrogens is 302 g/mol. The Morgan fingerprint density at radius 3 is 2.00 bits per heavy atom. The highest BCUT2D eigenvalue weighted by atomic mass is 16.5. The Bertz CT molecular complexity index is 597. The van der Waals surface area contributed by atoms with Gasteiger partial charge in [-0.3, -0.25) is 4.79 Å². The molecule has 0 saturated carbocycles. The summed E-state index contributed by atoms with van der Waals surface area (Å²) < 4.78 is 6.00. The van der Waals surface area contributed by atoms with Crippen molar-refractivity contribution in [3.05, 3.63) is 71.8 Å². The first-order valence-electron chi connectivity index (χ1n) is 8.41. The van der Waals surface area contributed by atoms with Crippen LogP contribution in [0, 0.1) is 0 Å². The van der Waals surface area contributed by atoms with Gasteiger partial charge in [0.25, 0.3) is 0 Å². The minimum absolute atomic E-state index is 0.0150. The zero-order valence-corrected chi connectivity index (χ0v) is 13.7. The predicted molar refractivity (Wildman–Crippen MR) is 92.5 cm³/mol. The molecule has 2 aromatic rings. The number of hydrogen-bond acceptors (Lipinski definition) is 3. The Morgan fingerprint density at radius 1 is 1.00 bits per heavy atom. The standard InChI is InChI=1S/C20H23NO3/c22-18-11-13-21(14-12-18)19(23)15-24-20(16-7-3-1-4-8-16)17-9-5-2-6-10-17/h1-10,18,20,22H,11-15H2. The molecule has 1 aliphatic heterocycles. The molecule has 1 amide bonds. The van der Waals surface area contributed by atoms with Crippen LogP contribution in [0.25, 0.3) is 0 Å². The second-order valence-corrected chi connectivity index (χ2v) is 6.12. The van der Waals surface area contributed by atoms with E-state index in [2.05, 4.69) is 0 Å². The minimum atomic E-state index is -0.281. The summed E-state index contributed by atoms with van der Waals surface area (Å²) in [4.78, 5) is 14.2. The van der Waals surface area contributed by atoms with Crippen LogP contribution >= 0.6 is 0 Å². The summed E-state index contributed by atoms with van der Waals surface area (Å²) in [6, 6.07) is 19.9. The zero-order valence-electron chi connectivity index (χ0n) is 13.7. The lowest BCUT2D eigenvalue weighted by Gasteiger charge is -2.30. The number of nitrogens with zero attached hydrogens (tertiary/aromatic N) is 1. The number of ether oxygens (including phenoxy) is 1. The number of aliphatic hydroxyl groups excluding tert-OH is 1. The summed E-state index contributed by atoms with van der Waals surface area (Å²) in [5, 5.41) is 9.55. The molecule has 24 heavy (non-hydrogen) atoms. The molecule has 0 spiro atoms. The van der Waals surface area contributed by atoms with Gasteiger partial charge in [-0.15, -0.1) is 0 Å². The molecule has 3 rings (SSSR count). The van der Waals surface area contributed by atoms with Gasteiger partial charge in [0.1, 0.15) is 12.7 Å². The van der Waals surface area contributed by atoms with E-state index in [1.54, 1.807) is 4.90 Å². The largest absolute Gasteiger partial charge is 0.393 e. The highest BCUT2D eigenvalue weighted by molar-refractivity contribution is 5.77. The molecule has 0 aromatic heterocycles. The van der Waals surface area contributed by atoms with Crippen LogP contribution in [0.3, 0.4) is 0 Å². The maximum absolute atomic E-state index is 12.4. The van der Waals surface area contributed by atoms with Gasteiger partial charge < -0.3 is 14.7 Å². The van der Waals surface area contributed by atoms with E-state index < -0.39 is 0 Å². The maximum Gasteiger partial charge on any atom is 0.248 e. The third-order valence-electron chi connectivity index (χ3n) is 4.40. The van der Waals surface area contributed by atoms with Crippen molar-refractivity contribution in [2.75, 3.05) is 19.7 Å². The lowest BCUT2D eigenvalue weighted by Crippen LogP contribution is -2.42. The molecular formula is C20H23NO3. The number of rotatable bonds is 5. The molecule has 0 radical (unpaired) electrons. The van der Waals surface area contributed by atoms with Crippen molar-refractivity contribution in [1.82, 2.24) is 4.90 Å². The highest BCUT2D eigenvalue weighted by Crippen LogP contribution is 2.25. The van der Waals surface area contributed by atoms with E-state index >= 15 is 0 Å². The monoisotopic (exact) mass is 325 g/mol. The quantitative estimate of drug-likeness (QED) is 0.919. The molecule has 0 bridgehead atoms. The van der Waals surface area contributed by atoms with Gasteiger partial charge in [-0.1, -0.05) is 60.7 Å². The van der Waals surface area contributed by atoms with Crippen molar-refractivity contribution in [2.24, 2.45) is 0 Å². The van der Waals surface area contributed by atoms with Crippen molar-refractivity contribution in [3.63, 3.8) is 0 Å². The lowest BCUT2D eigenvalue weighted by atomic mass is 10.0. The molecule has 0 atom stereocenters. The van der Waals surface area contributed by atoms with E-state index in [0.717, 1.165) is 11.1 Å². The first-order valence-corrected chi connectivity index (χ1v) is 8.41. The smallest absolute Gasteiger partial charge is 0.248 e. The van der Waals surface area contributed by atoms with E-state index in [4.69, 9.17) is 4.74 Å². The number of carbonyl (C=O) groups excluding carboxylic acids is 1. The summed E-state index contributed by atoms with van der Waals surface area (Å²) in [6.45, 7) is 1.25. The molecule has 0 aliphatic carbocycles. The summed E-state index contributed by atoms with van der Waals surface area (Å²) in [5.74, 6) is -0.0150. The molecule has 1 heterocycles. The van der Waals surface area contributed by atoms with Gasteiger partial charge in [0.2, 0.25) is 5.91 Å². The second-order valence-electron chi connectivity index (χ2n) is 6.12. The lowest BCUT2D eigenvalue weighted by molar-refractivity contribution is -0.139. The van der Waals surface area contributed by atoms with Crippen LogP contribution in [0.5, 0.6) is 0 Å². The molecule has 1 saturated heterocycles. The first kappa shape index (κ1) is 16.7. The van der Waals surface area contributed by atoms with Crippen LogP contribution in [-0.2, 0) is 9.53 Å². The average molecular weight is 325 g/mol. The Labute approximate surface area is 142 Å². The Balaban J connectivity index is 1.68. The fourth-order valence-corrected chi connectivity index (χ4v) is 3.00. The number of piperidine rings is 1. The number of likely N-dealkylation sites (tertiary alicyclic amines) is 1. The van der Waals surface area contributed by atoms with Gasteiger partial charge in [0, 0.05) is 13.1 Å². The number of hydrogen-bond donors (Lipinski definition) is 1. The molecule has 126 valence electrons. The first-order chi connectivity index (χ1) is 11.7. The number of amides is 1. The van der Waals surface area contributed by atoms with Crippen molar-refractivity contribution in [1.29, 1.82) is 0 Å². The Kier molecular flexibility index (Phi) is 5.62. The third-order valence-corrected chi connectivity index (χ3v) is 4.40. The fourth-order valence-electron chi connectivity index (χ4n) is 3.00. The van der Waals surface area contributed by atoms with Crippen LogP contribution in [0.15, 0.2) is 60.7 Å². The molecule has 4 heteroatoms. The topological polar surface area (TPSA) is 49.8 Å². The normalized spacial score (nSPS) is 15.7. The minimum Gasteiger partial charge on any atom is -0.393 e. The maximum atomic E-state index is 12.4. The van der Waals surface area contributed by atoms with Gasteiger partial charge in [-0.25, -0.2) is 0 Å². The van der Waals surface area contributed by atoms with Gasteiger partial charge in [-0.2, -0.15) is 0 Å². The molecule has 4 nitrogen and oxygen atoms in total. The second kappa shape index (κ2) is 8.08. The molecule has 1 N–H and O–H groups in total. The van der Waals surface area contributed by atoms with Crippen molar-refractivity contribution >= 4 is 5.91 Å². The molecule has 1 aliphatic rings. The van der Waals surface area contributed by atoms with E-state index in [-0.39, 0.29) is 24.7 Å². The SMILES string of the molecule is O=C(COC(c1ccccc1)c1ccccc1)N1CCC(O)CC1. The van der Waals surface area contributed by atoms with Gasteiger partial charge >= 0.3 is 0 Å². The fraction of sp³-hybridized carbons (Fsp3) is 0.350. The number of aliphatic hydroxyl groups is 1. The Morgan fingerprint density at radius 2 is 1.50 bits per heavy atom. The van der Waals surface area contributed by atoms with E-state index in [0.29, 0.717) is 25.9 Å². The van der Waals surface area contributed by atoms with Gasteiger partial charge in [-0.05, 0) is 24.0 Å². The van der Waals surface area contributed by atoms with E-state index in [1.807, 2.05) is 60.7 Å². The summed E-state index contributed by atoms with van der Waals surface area (Å²) in [7, 11) is 0. The highest BCUT2D eigenvalue weighted by Gasteiger charge is 2.23. The number of benzene rings is 2. The van der Waals surface area contributed by atoms with Crippen LogP contribution in [0.1, 0.15) is 30.1 Å². The van der Waals surface area contributed by atoms with Crippen LogP contribution in [0.4, 0.5) is 0 Å². The van der Waals surface area contributed by atoms with Crippen molar-refractivity contribution in [3.8, 4) is 0 Å². The predicted octanol–water partition coefficient (Wildman–Crippen LogP) is 2.78. The third kappa shape index (κ3) is 4.22. The van der Waals surface area contributed by atoms with Gasteiger partial charge in [0.05, 0.1) is 6.10 Å².